The lowest BCUT2D eigenvalue weighted by atomic mass is 9.95. The van der Waals surface area contributed by atoms with E-state index in [0.29, 0.717) is 5.92 Å². The lowest BCUT2D eigenvalue weighted by Crippen LogP contribution is -2.19. The molecule has 2 heteroatoms. The number of methoxy groups -OCH3 is 1. The van der Waals surface area contributed by atoms with Gasteiger partial charge in [-0.2, -0.15) is 0 Å². The third-order valence-corrected chi connectivity index (χ3v) is 2.49. The van der Waals surface area contributed by atoms with Crippen LogP contribution in [0.3, 0.4) is 0 Å². The minimum Gasteiger partial charge on any atom is -0.497 e. The highest BCUT2D eigenvalue weighted by Gasteiger charge is 2.06. The zero-order chi connectivity index (χ0) is 11.3. The summed E-state index contributed by atoms with van der Waals surface area (Å²) in [6.07, 6.45) is 2.13. The largest absolute Gasteiger partial charge is 0.497 e. The Bertz CT molecular complexity index is 296. The van der Waals surface area contributed by atoms with Gasteiger partial charge in [0.25, 0.3) is 0 Å². The highest BCUT2D eigenvalue weighted by Crippen LogP contribution is 2.17. The van der Waals surface area contributed by atoms with Crippen molar-refractivity contribution in [3.63, 3.8) is 0 Å². The lowest BCUT2D eigenvalue weighted by Gasteiger charge is -2.14. The number of rotatable bonds is 5. The van der Waals surface area contributed by atoms with Crippen molar-refractivity contribution < 1.29 is 4.74 Å². The summed E-state index contributed by atoms with van der Waals surface area (Å²) in [5.41, 5.74) is 7.10. The Morgan fingerprint density at radius 1 is 1.33 bits per heavy atom. The van der Waals surface area contributed by atoms with Crippen molar-refractivity contribution in [3.8, 4) is 5.75 Å². The third-order valence-electron chi connectivity index (χ3n) is 2.49. The Balaban J connectivity index is 2.55. The second kappa shape index (κ2) is 5.76. The van der Waals surface area contributed by atoms with Crippen molar-refractivity contribution in [2.24, 2.45) is 11.7 Å². The van der Waals surface area contributed by atoms with Gasteiger partial charge < -0.3 is 10.5 Å². The van der Waals surface area contributed by atoms with Gasteiger partial charge in [-0.25, -0.2) is 0 Å². The van der Waals surface area contributed by atoms with Crippen molar-refractivity contribution in [3.05, 3.63) is 29.8 Å². The fraction of sp³-hybridized carbons (Fsp3) is 0.538. The van der Waals surface area contributed by atoms with E-state index in [-0.39, 0.29) is 6.04 Å². The molecule has 2 atom stereocenters. The molecule has 0 aliphatic rings. The molecule has 15 heavy (non-hydrogen) atoms. The predicted molar refractivity (Wildman–Crippen MR) is 64.1 cm³/mol. The molecule has 2 unspecified atom stereocenters. The van der Waals surface area contributed by atoms with Crippen LogP contribution in [0.15, 0.2) is 24.3 Å². The monoisotopic (exact) mass is 207 g/mol. The molecule has 1 aromatic carbocycles. The summed E-state index contributed by atoms with van der Waals surface area (Å²) in [4.78, 5) is 0. The van der Waals surface area contributed by atoms with Crippen LogP contribution >= 0.6 is 0 Å². The number of hydrogen-bond donors (Lipinski definition) is 1. The molecule has 1 rings (SSSR count). The Morgan fingerprint density at radius 2 is 2.07 bits per heavy atom. The van der Waals surface area contributed by atoms with Crippen LogP contribution in [0.5, 0.6) is 5.75 Å². The molecule has 84 valence electrons. The van der Waals surface area contributed by atoms with Gasteiger partial charge in [0, 0.05) is 6.04 Å². The maximum atomic E-state index is 5.78. The topological polar surface area (TPSA) is 35.2 Å². The number of benzene rings is 1. The van der Waals surface area contributed by atoms with Crippen LogP contribution in [0.2, 0.25) is 0 Å². The Labute approximate surface area is 92.4 Å². The lowest BCUT2D eigenvalue weighted by molar-refractivity contribution is 0.413. The Kier molecular flexibility index (Phi) is 4.63. The van der Waals surface area contributed by atoms with Gasteiger partial charge >= 0.3 is 0 Å². The van der Waals surface area contributed by atoms with Crippen LogP contribution in [0.4, 0.5) is 0 Å². The van der Waals surface area contributed by atoms with Gasteiger partial charge in [-0.3, -0.25) is 0 Å². The van der Waals surface area contributed by atoms with E-state index in [1.807, 2.05) is 12.1 Å². The first-order valence-electron chi connectivity index (χ1n) is 5.50. The van der Waals surface area contributed by atoms with Crippen molar-refractivity contribution in [2.75, 3.05) is 7.11 Å². The van der Waals surface area contributed by atoms with Gasteiger partial charge in [-0.1, -0.05) is 19.1 Å². The molecule has 0 saturated carbocycles. The molecule has 0 heterocycles. The van der Waals surface area contributed by atoms with E-state index in [4.69, 9.17) is 10.5 Å². The molecule has 0 amide bonds. The van der Waals surface area contributed by atoms with E-state index in [9.17, 15) is 0 Å². The van der Waals surface area contributed by atoms with Gasteiger partial charge in [0.1, 0.15) is 5.75 Å². The number of nitrogens with two attached hydrogens (primary N) is 1. The first kappa shape index (κ1) is 12.1. The average molecular weight is 207 g/mol. The molecule has 0 radical (unpaired) electrons. The molecule has 0 spiro atoms. The zero-order valence-electron chi connectivity index (χ0n) is 9.86. The second-order valence-corrected chi connectivity index (χ2v) is 4.37. The van der Waals surface area contributed by atoms with Crippen LogP contribution in [0.25, 0.3) is 0 Å². The first-order valence-corrected chi connectivity index (χ1v) is 5.50. The standard InChI is InChI=1S/C13H21NO/c1-10(7-11(2)14)8-12-5-4-6-13(9-12)15-3/h4-6,9-11H,7-8,14H2,1-3H3. The van der Waals surface area contributed by atoms with Gasteiger partial charge in [-0.15, -0.1) is 0 Å². The highest BCUT2D eigenvalue weighted by atomic mass is 16.5. The van der Waals surface area contributed by atoms with E-state index >= 15 is 0 Å². The van der Waals surface area contributed by atoms with Crippen molar-refractivity contribution >= 4 is 0 Å². The van der Waals surface area contributed by atoms with Gasteiger partial charge in [0.15, 0.2) is 0 Å². The highest BCUT2D eigenvalue weighted by molar-refractivity contribution is 5.28. The molecule has 0 aliphatic carbocycles. The minimum absolute atomic E-state index is 0.283. The summed E-state index contributed by atoms with van der Waals surface area (Å²) in [7, 11) is 1.70. The van der Waals surface area contributed by atoms with Crippen LogP contribution in [0, 0.1) is 5.92 Å². The molecule has 0 bridgehead atoms. The molecular weight excluding hydrogens is 186 g/mol. The van der Waals surface area contributed by atoms with Crippen molar-refractivity contribution in [1.82, 2.24) is 0 Å². The number of hydrogen-bond acceptors (Lipinski definition) is 2. The maximum Gasteiger partial charge on any atom is 0.119 e. The van der Waals surface area contributed by atoms with E-state index in [0.717, 1.165) is 18.6 Å². The van der Waals surface area contributed by atoms with E-state index in [2.05, 4.69) is 26.0 Å². The molecule has 0 saturated heterocycles. The van der Waals surface area contributed by atoms with Crippen molar-refractivity contribution in [1.29, 1.82) is 0 Å². The minimum atomic E-state index is 0.283. The van der Waals surface area contributed by atoms with Crippen LogP contribution in [-0.4, -0.2) is 13.2 Å². The molecule has 1 aromatic rings. The van der Waals surface area contributed by atoms with E-state index in [1.165, 1.54) is 5.56 Å². The molecular formula is C13H21NO. The van der Waals surface area contributed by atoms with Gasteiger partial charge in [0.2, 0.25) is 0 Å². The fourth-order valence-corrected chi connectivity index (χ4v) is 1.92. The summed E-state index contributed by atoms with van der Waals surface area (Å²) in [6.45, 7) is 4.30. The smallest absolute Gasteiger partial charge is 0.119 e. The Morgan fingerprint density at radius 3 is 2.67 bits per heavy atom. The van der Waals surface area contributed by atoms with Crippen LogP contribution in [-0.2, 0) is 6.42 Å². The van der Waals surface area contributed by atoms with Gasteiger partial charge in [0.05, 0.1) is 7.11 Å². The molecule has 2 nitrogen and oxygen atoms in total. The normalized spacial score (nSPS) is 14.7. The van der Waals surface area contributed by atoms with Crippen molar-refractivity contribution in [2.45, 2.75) is 32.7 Å². The van der Waals surface area contributed by atoms with E-state index < -0.39 is 0 Å². The SMILES string of the molecule is COc1cccc(CC(C)CC(C)N)c1. The predicted octanol–water partition coefficient (Wildman–Crippen LogP) is 2.61. The second-order valence-electron chi connectivity index (χ2n) is 4.37. The third kappa shape index (κ3) is 4.34. The fourth-order valence-electron chi connectivity index (χ4n) is 1.92. The summed E-state index contributed by atoms with van der Waals surface area (Å²) >= 11 is 0. The summed E-state index contributed by atoms with van der Waals surface area (Å²) in [5.74, 6) is 1.55. The van der Waals surface area contributed by atoms with E-state index in [1.54, 1.807) is 7.11 Å². The zero-order valence-corrected chi connectivity index (χ0v) is 9.86. The molecule has 0 fully saturated rings. The average Bonchev–Trinajstić information content (AvgIpc) is 2.16. The summed E-state index contributed by atoms with van der Waals surface area (Å²) in [6, 6.07) is 8.52. The van der Waals surface area contributed by atoms with Crippen LogP contribution in [0.1, 0.15) is 25.8 Å². The van der Waals surface area contributed by atoms with Gasteiger partial charge in [-0.05, 0) is 43.4 Å². The number of ether oxygens (including phenoxy) is 1. The molecule has 0 aliphatic heterocycles. The summed E-state index contributed by atoms with van der Waals surface area (Å²) < 4.78 is 5.19. The maximum absolute atomic E-state index is 5.78. The molecule has 0 aromatic heterocycles. The first-order chi connectivity index (χ1) is 7.11. The molecule has 2 N–H and O–H groups in total. The quantitative estimate of drug-likeness (QED) is 0.805. The summed E-state index contributed by atoms with van der Waals surface area (Å²) in [5, 5.41) is 0. The Hall–Kier alpha value is -1.02. The van der Waals surface area contributed by atoms with Crippen LogP contribution < -0.4 is 10.5 Å².